The van der Waals surface area contributed by atoms with Gasteiger partial charge in [0.05, 0.1) is 24.8 Å². The number of benzene rings is 2. The van der Waals surface area contributed by atoms with Crippen molar-refractivity contribution in [3.05, 3.63) is 64.0 Å². The summed E-state index contributed by atoms with van der Waals surface area (Å²) in [6.45, 7) is 4.01. The van der Waals surface area contributed by atoms with E-state index in [4.69, 9.17) is 14.2 Å². The summed E-state index contributed by atoms with van der Waals surface area (Å²) in [6, 6.07) is 10.9. The lowest BCUT2D eigenvalue weighted by Gasteiger charge is -2.11. The average molecular weight is 475 g/mol. The molecule has 0 bridgehead atoms. The van der Waals surface area contributed by atoms with E-state index in [9.17, 15) is 4.79 Å². The van der Waals surface area contributed by atoms with Gasteiger partial charge < -0.3 is 19.5 Å². The van der Waals surface area contributed by atoms with Crippen LogP contribution in [-0.2, 0) is 4.79 Å². The number of nitrogens with zero attached hydrogens (tertiary/aromatic N) is 1. The molecular formula is C21H19BrN2O4S. The molecule has 0 aliphatic carbocycles. The van der Waals surface area contributed by atoms with E-state index in [2.05, 4.69) is 32.8 Å². The van der Waals surface area contributed by atoms with Crippen LogP contribution >= 0.6 is 27.7 Å². The Labute approximate surface area is 181 Å². The Hall–Kier alpha value is -2.71. The van der Waals surface area contributed by atoms with Crippen LogP contribution in [0.3, 0.4) is 0 Å². The number of rotatable bonds is 7. The molecule has 1 amide bonds. The number of aliphatic imine (C=N–C) groups is 1. The molecule has 1 N–H and O–H groups in total. The first-order valence-corrected chi connectivity index (χ1v) is 10.2. The molecule has 6 nitrogen and oxygen atoms in total. The van der Waals surface area contributed by atoms with Crippen LogP contribution in [0.5, 0.6) is 17.2 Å². The van der Waals surface area contributed by atoms with Crippen molar-refractivity contribution in [1.82, 2.24) is 5.32 Å². The fourth-order valence-corrected chi connectivity index (χ4v) is 3.75. The van der Waals surface area contributed by atoms with Crippen LogP contribution in [0.4, 0.5) is 5.69 Å². The van der Waals surface area contributed by atoms with Gasteiger partial charge in [0.25, 0.3) is 5.91 Å². The molecule has 0 radical (unpaired) electrons. The van der Waals surface area contributed by atoms with Gasteiger partial charge in [0.15, 0.2) is 16.7 Å². The number of nitrogens with one attached hydrogen (secondary N) is 1. The van der Waals surface area contributed by atoms with Gasteiger partial charge in [0, 0.05) is 4.47 Å². The summed E-state index contributed by atoms with van der Waals surface area (Å²) in [5, 5.41) is 3.30. The number of hydrogen-bond acceptors (Lipinski definition) is 6. The molecular weight excluding hydrogens is 456 g/mol. The van der Waals surface area contributed by atoms with E-state index < -0.39 is 0 Å². The van der Waals surface area contributed by atoms with Crippen LogP contribution in [0.1, 0.15) is 5.56 Å². The van der Waals surface area contributed by atoms with E-state index in [1.165, 1.54) is 11.8 Å². The third kappa shape index (κ3) is 5.21. The number of ether oxygens (including phenoxy) is 3. The van der Waals surface area contributed by atoms with Gasteiger partial charge >= 0.3 is 0 Å². The summed E-state index contributed by atoms with van der Waals surface area (Å²) in [4.78, 5) is 17.4. The Bertz CT molecular complexity index is 987. The maximum Gasteiger partial charge on any atom is 0.264 e. The zero-order chi connectivity index (χ0) is 20.8. The fraction of sp³-hybridized carbons (Fsp3) is 0.143. The molecule has 3 rings (SSSR count). The zero-order valence-electron chi connectivity index (χ0n) is 15.9. The molecule has 1 fully saturated rings. The van der Waals surface area contributed by atoms with E-state index in [0.717, 1.165) is 21.5 Å². The highest BCUT2D eigenvalue weighted by molar-refractivity contribution is 9.10. The SMILES string of the molecule is C=CCOc1cc(Br)c(/C=C2/SC(=Nc3ccc(OC)cc3)NC2=O)cc1OC. The lowest BCUT2D eigenvalue weighted by atomic mass is 10.2. The Kier molecular flexibility index (Phi) is 7.00. The monoisotopic (exact) mass is 474 g/mol. The third-order valence-electron chi connectivity index (χ3n) is 3.88. The van der Waals surface area contributed by atoms with Crippen LogP contribution < -0.4 is 19.5 Å². The molecule has 1 aliphatic heterocycles. The molecule has 150 valence electrons. The molecule has 8 heteroatoms. The summed E-state index contributed by atoms with van der Waals surface area (Å²) >= 11 is 4.79. The van der Waals surface area contributed by atoms with Crippen LogP contribution in [0.25, 0.3) is 6.08 Å². The van der Waals surface area contributed by atoms with E-state index >= 15 is 0 Å². The summed E-state index contributed by atoms with van der Waals surface area (Å²) in [7, 11) is 3.17. The normalized spacial score (nSPS) is 16.0. The van der Waals surface area contributed by atoms with Gasteiger partial charge in [-0.1, -0.05) is 28.6 Å². The number of amides is 1. The van der Waals surface area contributed by atoms with Crippen molar-refractivity contribution < 1.29 is 19.0 Å². The molecule has 1 saturated heterocycles. The highest BCUT2D eigenvalue weighted by atomic mass is 79.9. The van der Waals surface area contributed by atoms with E-state index in [1.807, 2.05) is 30.3 Å². The molecule has 0 aromatic heterocycles. The zero-order valence-corrected chi connectivity index (χ0v) is 18.3. The minimum Gasteiger partial charge on any atom is -0.497 e. The van der Waals surface area contributed by atoms with E-state index in [0.29, 0.717) is 28.2 Å². The summed E-state index contributed by atoms with van der Waals surface area (Å²) in [5.41, 5.74) is 1.51. The van der Waals surface area contributed by atoms with Gasteiger partial charge in [-0.05, 0) is 59.8 Å². The first-order chi connectivity index (χ1) is 14.0. The molecule has 0 spiro atoms. The molecule has 2 aromatic rings. The number of thioether (sulfide) groups is 1. The van der Waals surface area contributed by atoms with Gasteiger partial charge in [0.1, 0.15) is 12.4 Å². The quantitative estimate of drug-likeness (QED) is 0.455. The fourth-order valence-electron chi connectivity index (χ4n) is 2.48. The molecule has 1 aliphatic rings. The van der Waals surface area contributed by atoms with Crippen LogP contribution in [0.15, 0.2) is 63.4 Å². The van der Waals surface area contributed by atoms with E-state index in [1.54, 1.807) is 32.4 Å². The predicted molar refractivity (Wildman–Crippen MR) is 120 cm³/mol. The molecule has 1 heterocycles. The van der Waals surface area contributed by atoms with Gasteiger partial charge in [-0.2, -0.15) is 0 Å². The van der Waals surface area contributed by atoms with Crippen molar-refractivity contribution >= 4 is 50.5 Å². The molecule has 0 unspecified atom stereocenters. The number of hydrogen-bond donors (Lipinski definition) is 1. The molecule has 0 saturated carbocycles. The lowest BCUT2D eigenvalue weighted by Crippen LogP contribution is -2.19. The number of methoxy groups -OCH3 is 2. The van der Waals surface area contributed by atoms with Crippen molar-refractivity contribution in [3.8, 4) is 17.2 Å². The number of carbonyl (C=O) groups is 1. The second-order valence-corrected chi connectivity index (χ2v) is 7.69. The van der Waals surface area contributed by atoms with Crippen molar-refractivity contribution in [1.29, 1.82) is 0 Å². The summed E-state index contributed by atoms with van der Waals surface area (Å²) < 4.78 is 16.9. The Morgan fingerprint density at radius 3 is 2.59 bits per heavy atom. The first kappa shape index (κ1) is 21.0. The first-order valence-electron chi connectivity index (χ1n) is 8.59. The van der Waals surface area contributed by atoms with Gasteiger partial charge in [-0.15, -0.1) is 0 Å². The molecule has 29 heavy (non-hydrogen) atoms. The maximum absolute atomic E-state index is 12.4. The standard InChI is InChI=1S/C21H19BrN2O4S/c1-4-9-28-18-12-16(22)13(10-17(18)27-3)11-19-20(25)24-21(29-19)23-14-5-7-15(26-2)8-6-14/h4-8,10-12H,1,9H2,2-3H3,(H,23,24,25)/b19-11+. The summed E-state index contributed by atoms with van der Waals surface area (Å²) in [6.07, 6.45) is 3.44. The Morgan fingerprint density at radius 1 is 1.17 bits per heavy atom. The van der Waals surface area contributed by atoms with Gasteiger partial charge in [-0.25, -0.2) is 4.99 Å². The Balaban J connectivity index is 1.83. The maximum atomic E-state index is 12.4. The highest BCUT2D eigenvalue weighted by Gasteiger charge is 2.24. The number of halogens is 1. The average Bonchev–Trinajstić information content (AvgIpc) is 3.07. The van der Waals surface area contributed by atoms with Gasteiger partial charge in [-0.3, -0.25) is 4.79 Å². The third-order valence-corrected chi connectivity index (χ3v) is 5.48. The van der Waals surface area contributed by atoms with Crippen molar-refractivity contribution in [3.63, 3.8) is 0 Å². The second kappa shape index (κ2) is 9.67. The lowest BCUT2D eigenvalue weighted by molar-refractivity contribution is -0.115. The van der Waals surface area contributed by atoms with E-state index in [-0.39, 0.29) is 5.91 Å². The van der Waals surface area contributed by atoms with Crippen LogP contribution in [0.2, 0.25) is 0 Å². The number of carbonyl (C=O) groups excluding carboxylic acids is 1. The van der Waals surface area contributed by atoms with Gasteiger partial charge in [0.2, 0.25) is 0 Å². The molecule has 0 atom stereocenters. The van der Waals surface area contributed by atoms with Crippen LogP contribution in [-0.4, -0.2) is 31.9 Å². The minimum absolute atomic E-state index is 0.208. The molecule has 2 aromatic carbocycles. The highest BCUT2D eigenvalue weighted by Crippen LogP contribution is 2.36. The minimum atomic E-state index is -0.208. The van der Waals surface area contributed by atoms with Crippen molar-refractivity contribution in [2.75, 3.05) is 20.8 Å². The number of amidine groups is 1. The van der Waals surface area contributed by atoms with Crippen molar-refractivity contribution in [2.24, 2.45) is 4.99 Å². The topological polar surface area (TPSA) is 69.2 Å². The smallest absolute Gasteiger partial charge is 0.264 e. The van der Waals surface area contributed by atoms with Crippen LogP contribution in [0, 0.1) is 0 Å². The second-order valence-electron chi connectivity index (χ2n) is 5.80. The Morgan fingerprint density at radius 2 is 1.93 bits per heavy atom. The summed E-state index contributed by atoms with van der Waals surface area (Å²) in [5.74, 6) is 1.70. The predicted octanol–water partition coefficient (Wildman–Crippen LogP) is 4.92. The van der Waals surface area contributed by atoms with Crippen molar-refractivity contribution in [2.45, 2.75) is 0 Å². The largest absolute Gasteiger partial charge is 0.497 e.